The minimum atomic E-state index is 0.202. The fourth-order valence-corrected chi connectivity index (χ4v) is 1.92. The molecule has 1 aromatic heterocycles. The summed E-state index contributed by atoms with van der Waals surface area (Å²) in [6.07, 6.45) is 0.993. The summed E-state index contributed by atoms with van der Waals surface area (Å²) < 4.78 is 10.6. The monoisotopic (exact) mass is 245 g/mol. The summed E-state index contributed by atoms with van der Waals surface area (Å²) in [5, 5.41) is 3.85. The highest BCUT2D eigenvalue weighted by atomic mass is 35.5. The van der Waals surface area contributed by atoms with E-state index in [0.29, 0.717) is 11.1 Å². The van der Waals surface area contributed by atoms with E-state index in [1.807, 2.05) is 6.07 Å². The van der Waals surface area contributed by atoms with Gasteiger partial charge in [-0.25, -0.2) is 0 Å². The molecule has 92 valence electrons. The molecule has 0 aromatic carbocycles. The SMILES string of the molecule is CCNC(c1ccc(Cl)o1)C(C)CCOC. The molecule has 0 aliphatic rings. The Hall–Kier alpha value is -0.510. The van der Waals surface area contributed by atoms with Crippen LogP contribution in [0.3, 0.4) is 0 Å². The van der Waals surface area contributed by atoms with E-state index in [-0.39, 0.29) is 6.04 Å². The predicted octanol–water partition coefficient (Wildman–Crippen LogP) is 3.26. The molecule has 4 heteroatoms. The minimum Gasteiger partial charge on any atom is -0.448 e. The van der Waals surface area contributed by atoms with Gasteiger partial charge in [-0.1, -0.05) is 13.8 Å². The average molecular weight is 246 g/mol. The molecule has 0 aliphatic heterocycles. The Labute approximate surface area is 102 Å². The molecule has 0 aliphatic carbocycles. The summed E-state index contributed by atoms with van der Waals surface area (Å²) >= 11 is 5.79. The lowest BCUT2D eigenvalue weighted by molar-refractivity contribution is 0.167. The topological polar surface area (TPSA) is 34.4 Å². The van der Waals surface area contributed by atoms with Crippen LogP contribution in [0.25, 0.3) is 0 Å². The van der Waals surface area contributed by atoms with Crippen molar-refractivity contribution in [1.29, 1.82) is 0 Å². The van der Waals surface area contributed by atoms with Crippen molar-refractivity contribution in [1.82, 2.24) is 5.32 Å². The Morgan fingerprint density at radius 1 is 1.50 bits per heavy atom. The average Bonchev–Trinajstić information content (AvgIpc) is 2.69. The van der Waals surface area contributed by atoms with Crippen molar-refractivity contribution in [2.75, 3.05) is 20.3 Å². The van der Waals surface area contributed by atoms with Gasteiger partial charge in [-0.2, -0.15) is 0 Å². The first kappa shape index (κ1) is 13.6. The second-order valence-electron chi connectivity index (χ2n) is 3.94. The van der Waals surface area contributed by atoms with Gasteiger partial charge in [-0.15, -0.1) is 0 Å². The predicted molar refractivity (Wildman–Crippen MR) is 65.8 cm³/mol. The molecular formula is C12H20ClNO2. The molecule has 0 bridgehead atoms. The third-order valence-electron chi connectivity index (χ3n) is 2.67. The van der Waals surface area contributed by atoms with Gasteiger partial charge in [0.25, 0.3) is 0 Å². The van der Waals surface area contributed by atoms with Crippen LogP contribution in [-0.2, 0) is 4.74 Å². The molecule has 3 nitrogen and oxygen atoms in total. The largest absolute Gasteiger partial charge is 0.448 e. The Bertz CT molecular complexity index is 301. The summed E-state index contributed by atoms with van der Waals surface area (Å²) in [5.41, 5.74) is 0. The molecule has 1 N–H and O–H groups in total. The molecule has 0 fully saturated rings. The molecule has 1 aromatic rings. The van der Waals surface area contributed by atoms with Gasteiger partial charge in [-0.05, 0) is 42.6 Å². The zero-order chi connectivity index (χ0) is 12.0. The summed E-state index contributed by atoms with van der Waals surface area (Å²) in [5.74, 6) is 1.34. The smallest absolute Gasteiger partial charge is 0.193 e. The van der Waals surface area contributed by atoms with Crippen LogP contribution in [-0.4, -0.2) is 20.3 Å². The highest BCUT2D eigenvalue weighted by Gasteiger charge is 2.21. The summed E-state index contributed by atoms with van der Waals surface area (Å²) in [6, 6.07) is 3.91. The van der Waals surface area contributed by atoms with Crippen molar-refractivity contribution in [2.24, 2.45) is 5.92 Å². The Balaban J connectivity index is 2.66. The maximum atomic E-state index is 5.79. The fraction of sp³-hybridized carbons (Fsp3) is 0.667. The van der Waals surface area contributed by atoms with Gasteiger partial charge in [-0.3, -0.25) is 0 Å². The van der Waals surface area contributed by atoms with E-state index < -0.39 is 0 Å². The Morgan fingerprint density at radius 3 is 2.75 bits per heavy atom. The number of ether oxygens (including phenoxy) is 1. The van der Waals surface area contributed by atoms with Crippen LogP contribution in [0.5, 0.6) is 0 Å². The number of rotatable bonds is 7. The van der Waals surface area contributed by atoms with E-state index in [1.54, 1.807) is 13.2 Å². The third-order valence-corrected chi connectivity index (χ3v) is 2.87. The van der Waals surface area contributed by atoms with E-state index in [1.165, 1.54) is 0 Å². The van der Waals surface area contributed by atoms with Crippen LogP contribution >= 0.6 is 11.6 Å². The first-order chi connectivity index (χ1) is 7.69. The van der Waals surface area contributed by atoms with Gasteiger partial charge >= 0.3 is 0 Å². The zero-order valence-electron chi connectivity index (χ0n) is 10.1. The number of methoxy groups -OCH3 is 1. The molecule has 2 atom stereocenters. The van der Waals surface area contributed by atoms with Crippen LogP contribution in [0.4, 0.5) is 0 Å². The molecule has 16 heavy (non-hydrogen) atoms. The highest BCUT2D eigenvalue weighted by Crippen LogP contribution is 2.27. The van der Waals surface area contributed by atoms with Crippen LogP contribution in [0, 0.1) is 5.92 Å². The molecule has 0 amide bonds. The van der Waals surface area contributed by atoms with Crippen LogP contribution in [0.2, 0.25) is 5.22 Å². The first-order valence-electron chi connectivity index (χ1n) is 5.66. The number of furan rings is 1. The second kappa shape index (κ2) is 6.94. The van der Waals surface area contributed by atoms with Gasteiger partial charge < -0.3 is 14.5 Å². The molecule has 0 saturated carbocycles. The molecular weight excluding hydrogens is 226 g/mol. The van der Waals surface area contributed by atoms with Gasteiger partial charge in [0.1, 0.15) is 5.76 Å². The van der Waals surface area contributed by atoms with Crippen molar-refractivity contribution >= 4 is 11.6 Å². The summed E-state index contributed by atoms with van der Waals surface area (Å²) in [4.78, 5) is 0. The number of hydrogen-bond acceptors (Lipinski definition) is 3. The maximum Gasteiger partial charge on any atom is 0.193 e. The lowest BCUT2D eigenvalue weighted by Crippen LogP contribution is -2.27. The van der Waals surface area contributed by atoms with Crippen molar-refractivity contribution in [2.45, 2.75) is 26.3 Å². The van der Waals surface area contributed by atoms with Gasteiger partial charge in [0.15, 0.2) is 5.22 Å². The van der Waals surface area contributed by atoms with Gasteiger partial charge in [0.2, 0.25) is 0 Å². The van der Waals surface area contributed by atoms with E-state index in [0.717, 1.165) is 25.3 Å². The van der Waals surface area contributed by atoms with Gasteiger partial charge in [0, 0.05) is 13.7 Å². The molecule has 1 heterocycles. The standard InChI is InChI=1S/C12H20ClNO2/c1-4-14-12(9(2)7-8-15-3)10-5-6-11(13)16-10/h5-6,9,12,14H,4,7-8H2,1-3H3. The van der Waals surface area contributed by atoms with E-state index in [9.17, 15) is 0 Å². The molecule has 0 saturated heterocycles. The quantitative estimate of drug-likeness (QED) is 0.801. The Morgan fingerprint density at radius 2 is 2.25 bits per heavy atom. The minimum absolute atomic E-state index is 0.202. The maximum absolute atomic E-state index is 5.79. The number of hydrogen-bond donors (Lipinski definition) is 1. The van der Waals surface area contributed by atoms with Crippen LogP contribution < -0.4 is 5.32 Å². The highest BCUT2D eigenvalue weighted by molar-refractivity contribution is 6.28. The van der Waals surface area contributed by atoms with Crippen molar-refractivity contribution in [3.05, 3.63) is 23.1 Å². The molecule has 1 rings (SSSR count). The number of halogens is 1. The zero-order valence-corrected chi connectivity index (χ0v) is 10.9. The summed E-state index contributed by atoms with van der Waals surface area (Å²) in [6.45, 7) is 5.93. The van der Waals surface area contributed by atoms with E-state index in [4.69, 9.17) is 20.8 Å². The van der Waals surface area contributed by atoms with E-state index in [2.05, 4.69) is 19.2 Å². The molecule has 0 radical (unpaired) electrons. The lowest BCUT2D eigenvalue weighted by atomic mass is 9.96. The van der Waals surface area contributed by atoms with E-state index >= 15 is 0 Å². The normalized spacial score (nSPS) is 15.0. The van der Waals surface area contributed by atoms with Gasteiger partial charge in [0.05, 0.1) is 6.04 Å². The number of nitrogens with one attached hydrogen (secondary N) is 1. The Kier molecular flexibility index (Phi) is 5.88. The van der Waals surface area contributed by atoms with Crippen molar-refractivity contribution in [3.8, 4) is 0 Å². The van der Waals surface area contributed by atoms with Crippen molar-refractivity contribution < 1.29 is 9.15 Å². The van der Waals surface area contributed by atoms with Crippen LogP contribution in [0.15, 0.2) is 16.5 Å². The summed E-state index contributed by atoms with van der Waals surface area (Å²) in [7, 11) is 1.72. The second-order valence-corrected chi connectivity index (χ2v) is 4.31. The molecule has 0 spiro atoms. The fourth-order valence-electron chi connectivity index (χ4n) is 1.77. The van der Waals surface area contributed by atoms with Crippen LogP contribution in [0.1, 0.15) is 32.1 Å². The lowest BCUT2D eigenvalue weighted by Gasteiger charge is -2.22. The van der Waals surface area contributed by atoms with Crippen molar-refractivity contribution in [3.63, 3.8) is 0 Å². The first-order valence-corrected chi connectivity index (χ1v) is 6.04. The third kappa shape index (κ3) is 3.81. The molecule has 2 unspecified atom stereocenters.